The highest BCUT2D eigenvalue weighted by molar-refractivity contribution is 6.12. The van der Waals surface area contributed by atoms with Gasteiger partial charge in [-0.25, -0.2) is 0 Å². The van der Waals surface area contributed by atoms with Crippen LogP contribution in [-0.2, 0) is 21.9 Å². The number of halogens is 6. The molecule has 4 aliphatic rings. The van der Waals surface area contributed by atoms with Crippen LogP contribution in [0.15, 0.2) is 96.8 Å². The largest absolute Gasteiger partial charge is 0.515 e. The SMILES string of the molecule is CCOC=O.COc1ccc(C(=O)N2CCC3(CC2)CC(=O)c2ccccc2O3)cc1C(F)(F)F.COc1ccc(C(=O)N2CCC3(CC2)Oc2ccccc2C(=O)/C3=C\O)cc1C(F)(F)F. The number of benzene rings is 4. The Morgan fingerprint density at radius 1 is 0.701 bits per heavy atom. The number of nitrogens with zero attached hydrogens (tertiary/aromatic N) is 2. The van der Waals surface area contributed by atoms with Gasteiger partial charge in [0, 0.05) is 63.0 Å². The highest BCUT2D eigenvalue weighted by atomic mass is 19.4. The van der Waals surface area contributed by atoms with Gasteiger partial charge >= 0.3 is 12.4 Å². The Kier molecular flexibility index (Phi) is 14.9. The Labute approximate surface area is 380 Å². The second-order valence-corrected chi connectivity index (χ2v) is 15.8. The lowest BCUT2D eigenvalue weighted by Gasteiger charge is -2.44. The van der Waals surface area contributed by atoms with Gasteiger partial charge in [0.15, 0.2) is 11.6 Å². The second kappa shape index (κ2) is 20.2. The Morgan fingerprint density at radius 3 is 1.60 bits per heavy atom. The van der Waals surface area contributed by atoms with Crippen molar-refractivity contribution in [2.75, 3.05) is 47.0 Å². The van der Waals surface area contributed by atoms with Crippen molar-refractivity contribution in [2.24, 2.45) is 0 Å². The highest BCUT2D eigenvalue weighted by Crippen LogP contribution is 2.44. The zero-order valence-electron chi connectivity index (χ0n) is 36.5. The molecule has 2 fully saturated rings. The minimum Gasteiger partial charge on any atom is -0.515 e. The summed E-state index contributed by atoms with van der Waals surface area (Å²) in [6.07, 6.45) is -7.06. The third kappa shape index (κ3) is 10.7. The number of fused-ring (bicyclic) bond motifs is 2. The van der Waals surface area contributed by atoms with Crippen LogP contribution in [0.4, 0.5) is 26.3 Å². The molecule has 4 aliphatic heterocycles. The number of carbonyl (C=O) groups excluding carboxylic acids is 5. The summed E-state index contributed by atoms with van der Waals surface area (Å²) in [4.78, 5) is 63.2. The molecule has 4 aromatic carbocycles. The van der Waals surface area contributed by atoms with E-state index in [1.807, 2.05) is 0 Å². The normalized spacial score (nSPS) is 17.6. The first-order valence-electron chi connectivity index (χ1n) is 21.0. The fraction of sp³-hybridized carbons (Fsp3) is 0.354. The number of aliphatic hydroxyl groups is 1. The first-order valence-corrected chi connectivity index (χ1v) is 21.0. The number of aliphatic hydroxyl groups excluding tert-OH is 1. The summed E-state index contributed by atoms with van der Waals surface area (Å²) >= 11 is 0. The highest BCUT2D eigenvalue weighted by Gasteiger charge is 2.49. The quantitative estimate of drug-likeness (QED) is 0.0852. The minimum atomic E-state index is -4.67. The van der Waals surface area contributed by atoms with Crippen molar-refractivity contribution in [2.45, 2.75) is 62.6 Å². The number of methoxy groups -OCH3 is 2. The molecule has 13 nitrogen and oxygen atoms in total. The molecule has 4 heterocycles. The average molecular weight is 941 g/mol. The standard InChI is InChI=1S/C23H20F3NO5.C22H20F3NO4.C3H6O2/c1-31-19-7-6-14(12-16(19)23(24,25)26)21(30)27-10-8-22(9-11-27)17(13-28)20(29)15-4-2-3-5-18(15)32-22;1-29-19-7-6-14(12-16(19)22(23,24)25)20(28)26-10-8-21(9-11-26)13-17(27)15-4-2-3-5-18(15)30-21;1-2-5-3-4/h2-7,12-13,28H,8-11H2,1H3;2-7,12H,8-11,13H2,1H3;3H,2H2,1H3/b17-13+;;. The van der Waals surface area contributed by atoms with E-state index in [9.17, 15) is 55.4 Å². The third-order valence-electron chi connectivity index (χ3n) is 11.9. The molecule has 0 bridgehead atoms. The number of amides is 2. The molecule has 8 rings (SSSR count). The lowest BCUT2D eigenvalue weighted by atomic mass is 9.78. The summed E-state index contributed by atoms with van der Waals surface area (Å²) in [6, 6.07) is 20.2. The van der Waals surface area contributed by atoms with E-state index in [4.69, 9.17) is 18.9 Å². The van der Waals surface area contributed by atoms with Gasteiger partial charge in [0.25, 0.3) is 18.3 Å². The number of likely N-dealkylation sites (tertiary alicyclic amines) is 2. The zero-order valence-corrected chi connectivity index (χ0v) is 36.5. The Morgan fingerprint density at radius 2 is 1.16 bits per heavy atom. The number of carbonyl (C=O) groups is 5. The predicted octanol–water partition coefficient (Wildman–Crippen LogP) is 8.94. The molecule has 2 saturated heterocycles. The Bertz CT molecular complexity index is 2520. The Balaban J connectivity index is 0.000000201. The molecule has 356 valence electrons. The second-order valence-electron chi connectivity index (χ2n) is 15.8. The van der Waals surface area contributed by atoms with Gasteiger partial charge in [-0.05, 0) is 67.6 Å². The van der Waals surface area contributed by atoms with Gasteiger partial charge in [0.2, 0.25) is 0 Å². The van der Waals surface area contributed by atoms with E-state index < -0.39 is 46.5 Å². The van der Waals surface area contributed by atoms with Crippen LogP contribution < -0.4 is 18.9 Å². The molecule has 0 unspecified atom stereocenters. The molecule has 2 spiro atoms. The molecule has 19 heteroatoms. The van der Waals surface area contributed by atoms with Crippen LogP contribution in [0.3, 0.4) is 0 Å². The number of Topliss-reactive ketones (excluding diaryl/α,β-unsaturated/α-hetero) is 2. The number of hydrogen-bond donors (Lipinski definition) is 1. The van der Waals surface area contributed by atoms with Gasteiger partial charge in [-0.1, -0.05) is 24.3 Å². The number of para-hydroxylation sites is 2. The molecule has 0 radical (unpaired) electrons. The van der Waals surface area contributed by atoms with Crippen molar-refractivity contribution in [3.05, 3.63) is 130 Å². The molecule has 0 saturated carbocycles. The molecular weight excluding hydrogens is 895 g/mol. The summed E-state index contributed by atoms with van der Waals surface area (Å²) in [5.74, 6) is -1.15. The van der Waals surface area contributed by atoms with E-state index in [1.165, 1.54) is 21.9 Å². The van der Waals surface area contributed by atoms with Crippen molar-refractivity contribution in [1.82, 2.24) is 9.80 Å². The maximum Gasteiger partial charge on any atom is 0.419 e. The number of hydrogen-bond acceptors (Lipinski definition) is 11. The first-order chi connectivity index (χ1) is 31.8. The van der Waals surface area contributed by atoms with E-state index in [2.05, 4.69) is 4.74 Å². The van der Waals surface area contributed by atoms with E-state index >= 15 is 0 Å². The summed E-state index contributed by atoms with van der Waals surface area (Å²) in [7, 11) is 2.28. The van der Waals surface area contributed by atoms with Crippen molar-refractivity contribution in [1.29, 1.82) is 0 Å². The van der Waals surface area contributed by atoms with Gasteiger partial charge in [-0.3, -0.25) is 24.0 Å². The summed E-state index contributed by atoms with van der Waals surface area (Å²) < 4.78 is 106. The van der Waals surface area contributed by atoms with E-state index in [0.29, 0.717) is 61.6 Å². The van der Waals surface area contributed by atoms with Crippen molar-refractivity contribution < 1.29 is 79.1 Å². The predicted molar refractivity (Wildman–Crippen MR) is 228 cm³/mol. The van der Waals surface area contributed by atoms with Gasteiger partial charge < -0.3 is 38.6 Å². The fourth-order valence-electron chi connectivity index (χ4n) is 8.38. The van der Waals surface area contributed by atoms with Crippen LogP contribution in [0.25, 0.3) is 0 Å². The monoisotopic (exact) mass is 940 g/mol. The third-order valence-corrected chi connectivity index (χ3v) is 11.9. The summed E-state index contributed by atoms with van der Waals surface area (Å²) in [6.45, 7) is 3.53. The molecular formula is C48H46F6N2O11. The maximum atomic E-state index is 13.3. The van der Waals surface area contributed by atoms with Crippen LogP contribution >= 0.6 is 0 Å². The smallest absolute Gasteiger partial charge is 0.419 e. The van der Waals surface area contributed by atoms with Crippen LogP contribution in [0, 0.1) is 0 Å². The van der Waals surface area contributed by atoms with Gasteiger partial charge in [0.05, 0.1) is 61.3 Å². The molecule has 0 aliphatic carbocycles. The number of piperidine rings is 2. The molecule has 4 aromatic rings. The van der Waals surface area contributed by atoms with Gasteiger partial charge in [-0.15, -0.1) is 0 Å². The Hall–Kier alpha value is -7.05. The van der Waals surface area contributed by atoms with Gasteiger partial charge in [-0.2, -0.15) is 26.3 Å². The first kappa shape index (κ1) is 49.4. The maximum absolute atomic E-state index is 13.3. The lowest BCUT2D eigenvalue weighted by Crippen LogP contribution is -2.53. The molecule has 2 amide bonds. The van der Waals surface area contributed by atoms with E-state index in [1.54, 1.807) is 55.5 Å². The van der Waals surface area contributed by atoms with Gasteiger partial charge in [0.1, 0.15) is 34.2 Å². The van der Waals surface area contributed by atoms with Crippen molar-refractivity contribution >= 4 is 29.9 Å². The minimum absolute atomic E-state index is 0.00148. The van der Waals surface area contributed by atoms with E-state index in [0.717, 1.165) is 44.7 Å². The van der Waals surface area contributed by atoms with Crippen LogP contribution in [-0.4, -0.2) is 103 Å². The van der Waals surface area contributed by atoms with Crippen molar-refractivity contribution in [3.63, 3.8) is 0 Å². The topological polar surface area (TPSA) is 158 Å². The number of alkyl halides is 6. The fourth-order valence-corrected chi connectivity index (χ4v) is 8.38. The molecule has 1 N–H and O–H groups in total. The summed E-state index contributed by atoms with van der Waals surface area (Å²) in [5.41, 5.74) is -2.96. The number of ketones is 2. The van der Waals surface area contributed by atoms with Crippen LogP contribution in [0.2, 0.25) is 0 Å². The lowest BCUT2D eigenvalue weighted by molar-refractivity contribution is -0.139. The van der Waals surface area contributed by atoms with E-state index in [-0.39, 0.29) is 72.1 Å². The van der Waals surface area contributed by atoms with Crippen LogP contribution in [0.5, 0.6) is 23.0 Å². The molecule has 0 aromatic heterocycles. The van der Waals surface area contributed by atoms with Crippen LogP contribution in [0.1, 0.15) is 91.6 Å². The molecule has 67 heavy (non-hydrogen) atoms. The van der Waals surface area contributed by atoms with Crippen molar-refractivity contribution in [3.8, 4) is 23.0 Å². The zero-order chi connectivity index (χ0) is 48.7. The summed E-state index contributed by atoms with van der Waals surface area (Å²) in [5, 5.41) is 9.75. The average Bonchev–Trinajstić information content (AvgIpc) is 3.31. The number of ether oxygens (including phenoxy) is 5. The molecule has 0 atom stereocenters. The number of rotatable bonds is 6.